The molecule has 0 aliphatic heterocycles. The Bertz CT molecular complexity index is 4480. The van der Waals surface area contributed by atoms with E-state index in [0.717, 1.165) is 84.0 Å². The average molecular weight is 1060 g/mol. The van der Waals surface area contributed by atoms with Crippen LogP contribution in [0.4, 0.5) is 0 Å². The van der Waals surface area contributed by atoms with E-state index in [1.807, 2.05) is 72.0 Å². The molecule has 0 amide bonds. The predicted molar refractivity (Wildman–Crippen MR) is 330 cm³/mol. The smallest absolute Gasteiger partial charge is 0.201 e. The molecule has 4 unspecified atom stereocenters. The van der Waals surface area contributed by atoms with Gasteiger partial charge in [-0.1, -0.05) is 86.2 Å². The lowest BCUT2D eigenvalue weighted by molar-refractivity contribution is -0.661. The van der Waals surface area contributed by atoms with Crippen LogP contribution in [-0.4, -0.2) is 0 Å². The Labute approximate surface area is 507 Å². The highest BCUT2D eigenvalue weighted by molar-refractivity contribution is 5.66. The molecule has 77 heavy (non-hydrogen) atoms. The summed E-state index contributed by atoms with van der Waals surface area (Å²) in [5.74, 6) is -6.86. The van der Waals surface area contributed by atoms with Crippen LogP contribution in [0.25, 0.3) is 45.0 Å². The van der Waals surface area contributed by atoms with Crippen molar-refractivity contribution in [3.8, 4) is 45.0 Å². The van der Waals surface area contributed by atoms with E-state index in [2.05, 4.69) is 0 Å². The third-order valence-electron chi connectivity index (χ3n) is 13.9. The minimum absolute atomic E-state index is 0.0457. The van der Waals surface area contributed by atoms with Crippen molar-refractivity contribution in [3.05, 3.63) is 211 Å². The molecule has 0 aliphatic carbocycles. The molecule has 0 saturated carbocycles. The van der Waals surface area contributed by atoms with Crippen molar-refractivity contribution >= 4 is 0 Å². The van der Waals surface area contributed by atoms with Crippen LogP contribution in [0.15, 0.2) is 122 Å². The number of benzene rings is 4. The summed E-state index contributed by atoms with van der Waals surface area (Å²) in [7, 11) is 7.18. The van der Waals surface area contributed by atoms with Gasteiger partial charge in [0.15, 0.2) is 24.8 Å². The Hall–Kier alpha value is -6.52. The van der Waals surface area contributed by atoms with Crippen LogP contribution < -0.4 is 18.3 Å². The first-order valence-corrected chi connectivity index (χ1v) is 25.6. The van der Waals surface area contributed by atoms with Gasteiger partial charge in [0.05, 0.1) is 0 Å². The van der Waals surface area contributed by atoms with E-state index in [0.29, 0.717) is 44.5 Å². The molecule has 4 aromatic heterocycles. The fraction of sp³-hybridized carbons (Fsp3) is 0.397. The highest BCUT2D eigenvalue weighted by atomic mass is 14.9. The second-order valence-corrected chi connectivity index (χ2v) is 20.4. The molecule has 0 fully saturated rings. The van der Waals surface area contributed by atoms with Crippen LogP contribution in [-0.2, 0) is 34.6 Å². The van der Waals surface area contributed by atoms with Crippen LogP contribution >= 0.6 is 0 Å². The molecule has 8 rings (SSSR count). The van der Waals surface area contributed by atoms with Crippen molar-refractivity contribution in [3.63, 3.8) is 0 Å². The Morgan fingerprint density at radius 1 is 0.364 bits per heavy atom. The van der Waals surface area contributed by atoms with Gasteiger partial charge in [-0.25, -0.2) is 18.3 Å². The summed E-state index contributed by atoms with van der Waals surface area (Å²) in [6.45, 7) is 2.13. The quantitative estimate of drug-likeness (QED) is 0.128. The standard InChI is InChI=1S/C20H28N.2C18H24N.C17H22N/c1-13(2)17-8-9-20(21(7)12-17)19-11-15(5)18(14(3)4)10-16(19)6;1-12(2)16-7-8-18(19(6)11-16)17-10-14(4)13(3)9-15(17)5;1-12(2)16-9-15(5)17(10-14(16)4)18-8-7-13(3)11-19(18)6;1-6-15-9-14(4)16(10-13(15)3)17-8-7-12(2)11-18(17)5/h8-14H,1-7H3;2*7-12H,1-6H3;7-11H,6H2,1-5H3/q4*+1/i1D3,3D3,13D,14D;2*1D3,3D3,12D;1D3,2D3. The van der Waals surface area contributed by atoms with Crippen LogP contribution in [0.5, 0.6) is 0 Å². The first-order chi connectivity index (χ1) is 47.1. The van der Waals surface area contributed by atoms with Crippen molar-refractivity contribution in [2.24, 2.45) is 28.2 Å². The van der Waals surface area contributed by atoms with Crippen molar-refractivity contribution in [2.45, 2.75) is 168 Å². The summed E-state index contributed by atoms with van der Waals surface area (Å²) in [6, 6.07) is 28.3. The van der Waals surface area contributed by atoms with E-state index in [-0.39, 0.29) is 12.0 Å². The van der Waals surface area contributed by atoms with Gasteiger partial charge in [-0.05, 0) is 221 Å². The summed E-state index contributed by atoms with van der Waals surface area (Å²) in [5, 5.41) is 0. The zero-order valence-corrected chi connectivity index (χ0v) is 48.0. The SMILES string of the molecule is [2H]C([2H])([2H])C([2H])(C)c1ccc(-c2cc(C)c(C([2H])(C)C([2H])([2H])[2H])cc2C)[n+](C)c1.[2H]C([2H])([2H])Cc1cc(C)c(-c2ccc(C([2H])([2H])[2H])c[n+]2C)cc1C.[2H]C([2H])([2H])c1cc(C)c(-c2ccc(C([2H])(C)C([2H])([2H])[2H])c[n+]2C)cc1C.[2H]C([2H])([2H])c1ccc(-c2cc(C)c(C([2H])(C)C([2H])([2H])[2H])cc2C)[n+](C)c1. The fourth-order valence-electron chi connectivity index (χ4n) is 9.42. The monoisotopic (exact) mass is 1060 g/mol. The lowest BCUT2D eigenvalue weighted by atomic mass is 9.91. The highest BCUT2D eigenvalue weighted by Gasteiger charge is 2.20. The maximum absolute atomic E-state index is 8.39. The van der Waals surface area contributed by atoms with Gasteiger partial charge in [-0.2, -0.15) is 0 Å². The number of aromatic nitrogens is 4. The van der Waals surface area contributed by atoms with E-state index in [4.69, 9.17) is 38.4 Å². The Balaban J connectivity index is 0.000000252. The molecule has 0 N–H and O–H groups in total. The van der Waals surface area contributed by atoms with Crippen molar-refractivity contribution in [1.82, 2.24) is 0 Å². The predicted octanol–water partition coefficient (Wildman–Crippen LogP) is 17.2. The van der Waals surface area contributed by atoms with Crippen molar-refractivity contribution in [2.75, 3.05) is 0 Å². The van der Waals surface area contributed by atoms with Gasteiger partial charge in [0.2, 0.25) is 22.8 Å². The summed E-state index contributed by atoms with van der Waals surface area (Å²) >= 11 is 0. The van der Waals surface area contributed by atoms with Gasteiger partial charge in [-0.3, -0.25) is 0 Å². The van der Waals surface area contributed by atoms with Crippen molar-refractivity contribution < 1.29 is 56.6 Å². The zero-order chi connectivity index (χ0) is 81.0. The molecule has 4 heterocycles. The molecule has 8 aromatic rings. The summed E-state index contributed by atoms with van der Waals surface area (Å²) < 4.78 is 222. The van der Waals surface area contributed by atoms with Gasteiger partial charge in [0, 0.05) is 107 Å². The van der Waals surface area contributed by atoms with Gasteiger partial charge in [0.1, 0.15) is 28.2 Å². The van der Waals surface area contributed by atoms with Crippen LogP contribution in [0.2, 0.25) is 0 Å². The van der Waals surface area contributed by atoms with Crippen LogP contribution in [0.1, 0.15) is 213 Å². The summed E-state index contributed by atoms with van der Waals surface area (Å²) in [6.07, 6.45) is 6.55. The maximum atomic E-state index is 8.39. The van der Waals surface area contributed by atoms with Gasteiger partial charge in [-0.15, -0.1) is 0 Å². The number of rotatable bonds is 9. The van der Waals surface area contributed by atoms with Crippen LogP contribution in [0.3, 0.4) is 0 Å². The Kier molecular flexibility index (Phi) is 11.2. The van der Waals surface area contributed by atoms with E-state index >= 15 is 0 Å². The molecule has 406 valence electrons. The van der Waals surface area contributed by atoms with Gasteiger partial charge in [0.25, 0.3) is 0 Å². The Morgan fingerprint density at radius 3 is 1.09 bits per heavy atom. The molecule has 0 spiro atoms. The van der Waals surface area contributed by atoms with E-state index < -0.39 is 78.4 Å². The second-order valence-electron chi connectivity index (χ2n) is 20.4. The zero-order valence-electron chi connectivity index (χ0n) is 76.0. The molecule has 0 aliphatic rings. The first-order valence-electron chi connectivity index (χ1n) is 39.6. The maximum Gasteiger partial charge on any atom is 0.212 e. The molecule has 0 bridgehead atoms. The number of nitrogens with zero attached hydrogens (tertiary/aromatic N) is 4. The molecule has 4 aromatic carbocycles. The third-order valence-corrected chi connectivity index (χ3v) is 13.9. The summed E-state index contributed by atoms with van der Waals surface area (Å²) in [5.41, 5.74) is 16.9. The molecule has 4 nitrogen and oxygen atoms in total. The second kappa shape index (κ2) is 26.7. The summed E-state index contributed by atoms with van der Waals surface area (Å²) in [4.78, 5) is 0. The largest absolute Gasteiger partial charge is 0.212 e. The number of hydrogen-bond acceptors (Lipinski definition) is 0. The lowest BCUT2D eigenvalue weighted by Crippen LogP contribution is -2.31. The fourth-order valence-corrected chi connectivity index (χ4v) is 9.42. The lowest BCUT2D eigenvalue weighted by Gasteiger charge is -2.14. The third kappa shape index (κ3) is 15.4. The first kappa shape index (κ1) is 32.4. The van der Waals surface area contributed by atoms with E-state index in [1.54, 1.807) is 152 Å². The molecule has 0 radical (unpaired) electrons. The minimum Gasteiger partial charge on any atom is -0.201 e. The van der Waals surface area contributed by atoms with Crippen LogP contribution in [0, 0.1) is 75.9 Å². The normalized spacial score (nSPS) is 20.8. The van der Waals surface area contributed by atoms with E-state index in [9.17, 15) is 0 Å². The average Bonchev–Trinajstić information content (AvgIpc) is 0.790. The topological polar surface area (TPSA) is 15.5 Å². The number of pyridine rings is 4. The molecule has 4 heteroatoms. The number of aryl methyl sites for hydroxylation is 16. The van der Waals surface area contributed by atoms with Gasteiger partial charge < -0.3 is 0 Å². The molecule has 4 atom stereocenters. The Morgan fingerprint density at radius 2 is 0.727 bits per heavy atom. The molecular formula is C73H98N4+4. The number of hydrogen-bond donors (Lipinski definition) is 0. The minimum atomic E-state index is -2.45. The highest BCUT2D eigenvalue weighted by Crippen LogP contribution is 2.31. The molecule has 0 saturated heterocycles. The van der Waals surface area contributed by atoms with Crippen molar-refractivity contribution in [1.29, 1.82) is 0 Å². The van der Waals surface area contributed by atoms with E-state index in [1.165, 1.54) is 27.7 Å². The molecular weight excluding hydrogens is 933 g/mol. The van der Waals surface area contributed by atoms with Gasteiger partial charge >= 0.3 is 0 Å².